The van der Waals surface area contributed by atoms with E-state index in [0.717, 1.165) is 6.07 Å². The van der Waals surface area contributed by atoms with E-state index in [2.05, 4.69) is 5.32 Å². The van der Waals surface area contributed by atoms with E-state index in [-0.39, 0.29) is 22.4 Å². The molecule has 3 nitrogen and oxygen atoms in total. The Morgan fingerprint density at radius 3 is 2.82 bits per heavy atom. The van der Waals surface area contributed by atoms with Gasteiger partial charge in [-0.1, -0.05) is 30.7 Å². The lowest BCUT2D eigenvalue weighted by atomic mass is 10.1. The average Bonchev–Trinajstić information content (AvgIpc) is 2.28. The van der Waals surface area contributed by atoms with Crippen molar-refractivity contribution in [2.24, 2.45) is 11.7 Å². The Bertz CT molecular complexity index is 453. The fourth-order valence-corrected chi connectivity index (χ4v) is 1.29. The van der Waals surface area contributed by atoms with Gasteiger partial charge in [-0.2, -0.15) is 0 Å². The normalized spacial score (nSPS) is 11.9. The first-order chi connectivity index (χ1) is 7.91. The van der Waals surface area contributed by atoms with E-state index in [1.54, 1.807) is 6.92 Å². The second-order valence-corrected chi connectivity index (χ2v) is 4.52. The van der Waals surface area contributed by atoms with Gasteiger partial charge in [0.05, 0.1) is 10.0 Å². The molecule has 0 saturated heterocycles. The molecule has 17 heavy (non-hydrogen) atoms. The van der Waals surface area contributed by atoms with Crippen molar-refractivity contribution in [2.75, 3.05) is 6.54 Å². The van der Waals surface area contributed by atoms with E-state index in [1.165, 1.54) is 12.1 Å². The summed E-state index contributed by atoms with van der Waals surface area (Å²) in [6.07, 6.45) is 0. The summed E-state index contributed by atoms with van der Waals surface area (Å²) in [5, 5.41) is 2.59. The standard InChI is InChI=1S/C11H12ClFN2OS/c1-6(10(14)17)5-15-11(16)7-2-3-8(12)9(13)4-7/h2-4,6H,5H2,1H3,(H2,14,17)(H,15,16). The van der Waals surface area contributed by atoms with Gasteiger partial charge >= 0.3 is 0 Å². The lowest BCUT2D eigenvalue weighted by molar-refractivity contribution is 0.0951. The second-order valence-electron chi connectivity index (χ2n) is 3.64. The van der Waals surface area contributed by atoms with Crippen LogP contribution >= 0.6 is 23.8 Å². The third kappa shape index (κ3) is 3.94. The molecule has 92 valence electrons. The Labute approximate surface area is 109 Å². The van der Waals surface area contributed by atoms with Crippen molar-refractivity contribution in [3.05, 3.63) is 34.6 Å². The number of carbonyl (C=O) groups excluding carboxylic acids is 1. The number of thiocarbonyl (C=S) groups is 1. The molecule has 1 aromatic rings. The zero-order chi connectivity index (χ0) is 13.0. The minimum atomic E-state index is -0.623. The molecule has 1 amide bonds. The molecule has 0 saturated carbocycles. The smallest absolute Gasteiger partial charge is 0.251 e. The van der Waals surface area contributed by atoms with Crippen LogP contribution in [0.3, 0.4) is 0 Å². The van der Waals surface area contributed by atoms with Crippen molar-refractivity contribution in [2.45, 2.75) is 6.92 Å². The van der Waals surface area contributed by atoms with Gasteiger partial charge < -0.3 is 11.1 Å². The van der Waals surface area contributed by atoms with Gasteiger partial charge in [0.25, 0.3) is 5.91 Å². The zero-order valence-electron chi connectivity index (χ0n) is 9.17. The summed E-state index contributed by atoms with van der Waals surface area (Å²) in [6.45, 7) is 2.11. The van der Waals surface area contributed by atoms with E-state index in [0.29, 0.717) is 11.5 Å². The van der Waals surface area contributed by atoms with E-state index < -0.39 is 5.82 Å². The van der Waals surface area contributed by atoms with E-state index >= 15 is 0 Å². The summed E-state index contributed by atoms with van der Waals surface area (Å²) >= 11 is 10.3. The number of rotatable bonds is 4. The summed E-state index contributed by atoms with van der Waals surface area (Å²) < 4.78 is 13.1. The number of hydrogen-bond donors (Lipinski definition) is 2. The second kappa shape index (κ2) is 5.93. The van der Waals surface area contributed by atoms with Gasteiger partial charge in [-0.15, -0.1) is 0 Å². The summed E-state index contributed by atoms with van der Waals surface area (Å²) in [7, 11) is 0. The van der Waals surface area contributed by atoms with Crippen LogP contribution in [0.1, 0.15) is 17.3 Å². The first kappa shape index (κ1) is 13.9. The number of halogens is 2. The van der Waals surface area contributed by atoms with Crippen LogP contribution in [0.5, 0.6) is 0 Å². The first-order valence-electron chi connectivity index (χ1n) is 4.94. The van der Waals surface area contributed by atoms with Crippen molar-refractivity contribution in [1.82, 2.24) is 5.32 Å². The number of nitrogens with one attached hydrogen (secondary N) is 1. The van der Waals surface area contributed by atoms with Gasteiger partial charge in [0.2, 0.25) is 0 Å². The van der Waals surface area contributed by atoms with E-state index in [1.807, 2.05) is 0 Å². The maximum Gasteiger partial charge on any atom is 0.251 e. The van der Waals surface area contributed by atoms with Crippen molar-refractivity contribution in [1.29, 1.82) is 0 Å². The molecule has 0 heterocycles. The van der Waals surface area contributed by atoms with Crippen molar-refractivity contribution >= 4 is 34.7 Å². The number of nitrogens with two attached hydrogens (primary N) is 1. The van der Waals surface area contributed by atoms with Crippen LogP contribution in [0.2, 0.25) is 5.02 Å². The Morgan fingerprint density at radius 2 is 2.29 bits per heavy atom. The van der Waals surface area contributed by atoms with E-state index in [9.17, 15) is 9.18 Å². The molecule has 3 N–H and O–H groups in total. The molecule has 0 radical (unpaired) electrons. The third-order valence-electron chi connectivity index (χ3n) is 2.24. The van der Waals surface area contributed by atoms with Crippen molar-refractivity contribution in [3.8, 4) is 0 Å². The summed E-state index contributed by atoms with van der Waals surface area (Å²) in [4.78, 5) is 12.0. The van der Waals surface area contributed by atoms with Crippen molar-refractivity contribution in [3.63, 3.8) is 0 Å². The highest BCUT2D eigenvalue weighted by Crippen LogP contribution is 2.15. The topological polar surface area (TPSA) is 55.1 Å². The summed E-state index contributed by atoms with van der Waals surface area (Å²) in [5.74, 6) is -1.11. The first-order valence-corrected chi connectivity index (χ1v) is 5.73. The number of benzene rings is 1. The summed E-state index contributed by atoms with van der Waals surface area (Å²) in [5.41, 5.74) is 5.62. The Kier molecular flexibility index (Phi) is 4.84. The molecule has 0 aliphatic carbocycles. The number of carbonyl (C=O) groups is 1. The van der Waals surface area contributed by atoms with Gasteiger partial charge in [0, 0.05) is 18.0 Å². The SMILES string of the molecule is CC(CNC(=O)c1ccc(Cl)c(F)c1)C(N)=S. The highest BCUT2D eigenvalue weighted by atomic mass is 35.5. The predicted molar refractivity (Wildman–Crippen MR) is 69.7 cm³/mol. The molecule has 0 bridgehead atoms. The quantitative estimate of drug-likeness (QED) is 0.827. The maximum atomic E-state index is 13.1. The molecule has 0 aromatic heterocycles. The predicted octanol–water partition coefficient (Wildman–Crippen LogP) is 2.13. The van der Waals surface area contributed by atoms with E-state index in [4.69, 9.17) is 29.6 Å². The molecule has 1 aromatic carbocycles. The highest BCUT2D eigenvalue weighted by Gasteiger charge is 2.11. The monoisotopic (exact) mass is 274 g/mol. The maximum absolute atomic E-state index is 13.1. The molecule has 0 spiro atoms. The molecule has 1 rings (SSSR count). The van der Waals surface area contributed by atoms with Gasteiger partial charge in [0.15, 0.2) is 0 Å². The molecule has 0 aliphatic rings. The minimum absolute atomic E-state index is 0.0157. The van der Waals surface area contributed by atoms with Gasteiger partial charge in [-0.25, -0.2) is 4.39 Å². The van der Waals surface area contributed by atoms with Gasteiger partial charge in [0.1, 0.15) is 5.82 Å². The Hall–Kier alpha value is -1.20. The van der Waals surface area contributed by atoms with Gasteiger partial charge in [-0.3, -0.25) is 4.79 Å². The molecular weight excluding hydrogens is 263 g/mol. The van der Waals surface area contributed by atoms with Gasteiger partial charge in [-0.05, 0) is 18.2 Å². The van der Waals surface area contributed by atoms with Crippen LogP contribution in [0, 0.1) is 11.7 Å². The molecule has 6 heteroatoms. The molecule has 1 atom stereocenters. The fraction of sp³-hybridized carbons (Fsp3) is 0.273. The average molecular weight is 275 g/mol. The minimum Gasteiger partial charge on any atom is -0.393 e. The summed E-state index contributed by atoms with van der Waals surface area (Å²) in [6, 6.07) is 3.87. The van der Waals surface area contributed by atoms with Crippen LogP contribution in [0.4, 0.5) is 4.39 Å². The Balaban J connectivity index is 2.64. The number of amides is 1. The molecule has 1 unspecified atom stereocenters. The lowest BCUT2D eigenvalue weighted by Gasteiger charge is -2.11. The van der Waals surface area contributed by atoms with Crippen LogP contribution in [-0.4, -0.2) is 17.4 Å². The fourth-order valence-electron chi connectivity index (χ4n) is 1.09. The van der Waals surface area contributed by atoms with Crippen LogP contribution in [0.25, 0.3) is 0 Å². The molecule has 0 aliphatic heterocycles. The lowest BCUT2D eigenvalue weighted by Crippen LogP contribution is -2.33. The third-order valence-corrected chi connectivity index (χ3v) is 2.95. The zero-order valence-corrected chi connectivity index (χ0v) is 10.7. The number of hydrogen-bond acceptors (Lipinski definition) is 2. The molecule has 0 fully saturated rings. The highest BCUT2D eigenvalue weighted by molar-refractivity contribution is 7.80. The molecular formula is C11H12ClFN2OS. The van der Waals surface area contributed by atoms with Crippen LogP contribution in [-0.2, 0) is 0 Å². The largest absolute Gasteiger partial charge is 0.393 e. The van der Waals surface area contributed by atoms with Crippen molar-refractivity contribution < 1.29 is 9.18 Å². The van der Waals surface area contributed by atoms with Crippen LogP contribution < -0.4 is 11.1 Å². The van der Waals surface area contributed by atoms with Crippen LogP contribution in [0.15, 0.2) is 18.2 Å². The Morgan fingerprint density at radius 1 is 1.65 bits per heavy atom.